The van der Waals surface area contributed by atoms with E-state index in [9.17, 15) is 13.2 Å². The van der Waals surface area contributed by atoms with E-state index in [4.69, 9.17) is 11.6 Å². The first-order chi connectivity index (χ1) is 10.6. The molecule has 1 N–H and O–H groups in total. The summed E-state index contributed by atoms with van der Waals surface area (Å²) in [4.78, 5) is 2.65. The predicted octanol–water partition coefficient (Wildman–Crippen LogP) is 3.81. The smallest absolute Gasteiger partial charge is 0.166 e. The third-order valence-corrected chi connectivity index (χ3v) is 5.02. The number of nitrogens with one attached hydrogen (secondary N) is 1. The molecule has 1 aliphatic rings. The molecule has 1 aliphatic heterocycles. The molecule has 3 rings (SSSR count). The third kappa shape index (κ3) is 3.01. The molecule has 1 atom stereocenters. The summed E-state index contributed by atoms with van der Waals surface area (Å²) < 4.78 is 42.7. The van der Waals surface area contributed by atoms with Crippen LogP contribution in [0.4, 0.5) is 13.2 Å². The molecule has 0 unspecified atom stereocenters. The number of hydrogen-bond acceptors (Lipinski definition) is 3. The zero-order valence-corrected chi connectivity index (χ0v) is 13.2. The Morgan fingerprint density at radius 1 is 1.05 bits per heavy atom. The highest BCUT2D eigenvalue weighted by Gasteiger charge is 2.31. The van der Waals surface area contributed by atoms with Crippen LogP contribution in [0, 0.1) is 17.5 Å². The normalized spacial score (nSPS) is 17.6. The van der Waals surface area contributed by atoms with Crippen LogP contribution < -0.4 is 5.32 Å². The molecule has 1 fully saturated rings. The lowest BCUT2D eigenvalue weighted by Crippen LogP contribution is -2.45. The molecule has 0 radical (unpaired) electrons. The highest BCUT2D eigenvalue weighted by molar-refractivity contribution is 7.16. The summed E-state index contributed by atoms with van der Waals surface area (Å²) in [7, 11) is 0. The van der Waals surface area contributed by atoms with Gasteiger partial charge >= 0.3 is 0 Å². The number of halogens is 4. The summed E-state index contributed by atoms with van der Waals surface area (Å²) in [5, 5.41) is 3.19. The average molecular weight is 347 g/mol. The monoisotopic (exact) mass is 346 g/mol. The standard InChI is InChI=1S/C15H14ClF3N2S/c16-12-4-3-11(22-12)15(21-7-5-20-6-8-21)13-9(17)1-2-10(18)14(13)19/h1-4,15,20H,5-8H2/t15-/m0/s1. The Balaban J connectivity index is 2.11. The number of hydrogen-bond donors (Lipinski definition) is 1. The minimum absolute atomic E-state index is 0.250. The topological polar surface area (TPSA) is 15.3 Å². The van der Waals surface area contributed by atoms with E-state index in [0.29, 0.717) is 35.4 Å². The van der Waals surface area contributed by atoms with Gasteiger partial charge in [-0.2, -0.15) is 0 Å². The minimum atomic E-state index is -1.13. The Morgan fingerprint density at radius 3 is 2.36 bits per heavy atom. The molecule has 2 nitrogen and oxygen atoms in total. The van der Waals surface area contributed by atoms with Gasteiger partial charge in [-0.1, -0.05) is 11.6 Å². The number of piperazine rings is 1. The van der Waals surface area contributed by atoms with Crippen molar-refractivity contribution in [1.29, 1.82) is 0 Å². The van der Waals surface area contributed by atoms with E-state index in [2.05, 4.69) is 5.32 Å². The molecule has 1 aromatic carbocycles. The third-order valence-electron chi connectivity index (χ3n) is 3.73. The molecule has 0 spiro atoms. The average Bonchev–Trinajstić information content (AvgIpc) is 2.94. The van der Waals surface area contributed by atoms with E-state index >= 15 is 0 Å². The van der Waals surface area contributed by atoms with Gasteiger partial charge in [0.15, 0.2) is 11.6 Å². The zero-order valence-electron chi connectivity index (χ0n) is 11.6. The van der Waals surface area contributed by atoms with Crippen molar-refractivity contribution in [3.05, 3.63) is 56.5 Å². The van der Waals surface area contributed by atoms with Crippen LogP contribution in [0.1, 0.15) is 16.5 Å². The molecular formula is C15H14ClF3N2S. The Kier molecular flexibility index (Phi) is 4.73. The summed E-state index contributed by atoms with van der Waals surface area (Å²) in [6, 6.07) is 4.54. The van der Waals surface area contributed by atoms with Crippen molar-refractivity contribution in [2.24, 2.45) is 0 Å². The number of thiophene rings is 1. The Labute approximate surface area is 135 Å². The van der Waals surface area contributed by atoms with E-state index in [-0.39, 0.29) is 5.56 Å². The van der Waals surface area contributed by atoms with Gasteiger partial charge in [-0.25, -0.2) is 13.2 Å². The summed E-state index contributed by atoms with van der Waals surface area (Å²) in [5.41, 5.74) is -0.250. The molecule has 0 bridgehead atoms. The molecular weight excluding hydrogens is 333 g/mol. The lowest BCUT2D eigenvalue weighted by atomic mass is 10.0. The van der Waals surface area contributed by atoms with E-state index in [0.717, 1.165) is 12.1 Å². The van der Waals surface area contributed by atoms with E-state index in [1.165, 1.54) is 11.3 Å². The molecule has 0 amide bonds. The van der Waals surface area contributed by atoms with Crippen LogP contribution in [0.2, 0.25) is 4.34 Å². The fourth-order valence-corrected chi connectivity index (χ4v) is 3.92. The first-order valence-corrected chi connectivity index (χ1v) is 8.11. The summed E-state index contributed by atoms with van der Waals surface area (Å²) in [5.74, 6) is -2.92. The van der Waals surface area contributed by atoms with Gasteiger partial charge in [0.2, 0.25) is 0 Å². The molecule has 7 heteroatoms. The predicted molar refractivity (Wildman–Crippen MR) is 81.9 cm³/mol. The Hall–Kier alpha value is -1.08. The van der Waals surface area contributed by atoms with Crippen LogP contribution in [-0.4, -0.2) is 31.1 Å². The van der Waals surface area contributed by atoms with Gasteiger partial charge in [0.1, 0.15) is 5.82 Å². The Morgan fingerprint density at radius 2 is 1.73 bits per heavy atom. The fourth-order valence-electron chi connectivity index (χ4n) is 2.71. The van der Waals surface area contributed by atoms with Crippen LogP contribution >= 0.6 is 22.9 Å². The zero-order chi connectivity index (χ0) is 15.7. The van der Waals surface area contributed by atoms with Crippen molar-refractivity contribution in [1.82, 2.24) is 10.2 Å². The first kappa shape index (κ1) is 15.8. The lowest BCUT2D eigenvalue weighted by Gasteiger charge is -2.35. The highest BCUT2D eigenvalue weighted by atomic mass is 35.5. The van der Waals surface area contributed by atoms with Crippen molar-refractivity contribution < 1.29 is 13.2 Å². The van der Waals surface area contributed by atoms with Gasteiger partial charge in [0.05, 0.1) is 10.4 Å². The SMILES string of the molecule is Fc1ccc(F)c([C@H](c2ccc(Cl)s2)N2CCNCC2)c1F. The highest BCUT2D eigenvalue weighted by Crippen LogP contribution is 2.38. The second kappa shape index (κ2) is 6.58. The molecule has 2 aromatic rings. The van der Waals surface area contributed by atoms with E-state index in [1.807, 2.05) is 4.90 Å². The maximum absolute atomic E-state index is 14.3. The van der Waals surface area contributed by atoms with E-state index in [1.54, 1.807) is 12.1 Å². The van der Waals surface area contributed by atoms with E-state index < -0.39 is 23.5 Å². The summed E-state index contributed by atoms with van der Waals surface area (Å²) in [6.45, 7) is 2.67. The number of rotatable bonds is 3. The summed E-state index contributed by atoms with van der Waals surface area (Å²) >= 11 is 7.22. The number of benzene rings is 1. The van der Waals surface area contributed by atoms with Crippen molar-refractivity contribution in [2.45, 2.75) is 6.04 Å². The quantitative estimate of drug-likeness (QED) is 0.850. The van der Waals surface area contributed by atoms with Crippen molar-refractivity contribution in [3.8, 4) is 0 Å². The van der Waals surface area contributed by atoms with Crippen LogP contribution in [0.25, 0.3) is 0 Å². The fraction of sp³-hybridized carbons (Fsp3) is 0.333. The molecule has 1 saturated heterocycles. The minimum Gasteiger partial charge on any atom is -0.314 e. The molecule has 1 aromatic heterocycles. The first-order valence-electron chi connectivity index (χ1n) is 6.91. The van der Waals surface area contributed by atoms with Crippen LogP contribution in [-0.2, 0) is 0 Å². The largest absolute Gasteiger partial charge is 0.314 e. The molecule has 22 heavy (non-hydrogen) atoms. The maximum atomic E-state index is 14.3. The lowest BCUT2D eigenvalue weighted by molar-refractivity contribution is 0.193. The van der Waals surface area contributed by atoms with Gasteiger partial charge in [0.25, 0.3) is 0 Å². The molecule has 2 heterocycles. The Bertz CT molecular complexity index is 671. The summed E-state index contributed by atoms with van der Waals surface area (Å²) in [6.07, 6.45) is 0. The molecule has 0 aliphatic carbocycles. The second-order valence-corrected chi connectivity index (χ2v) is 6.83. The van der Waals surface area contributed by atoms with Gasteiger partial charge in [0, 0.05) is 36.6 Å². The van der Waals surface area contributed by atoms with Crippen LogP contribution in [0.5, 0.6) is 0 Å². The van der Waals surface area contributed by atoms with Crippen molar-refractivity contribution in [2.75, 3.05) is 26.2 Å². The molecule has 0 saturated carbocycles. The van der Waals surface area contributed by atoms with Gasteiger partial charge in [-0.3, -0.25) is 4.90 Å². The van der Waals surface area contributed by atoms with Gasteiger partial charge in [-0.15, -0.1) is 11.3 Å². The maximum Gasteiger partial charge on any atom is 0.166 e. The van der Waals surface area contributed by atoms with Gasteiger partial charge < -0.3 is 5.32 Å². The van der Waals surface area contributed by atoms with Crippen molar-refractivity contribution >= 4 is 22.9 Å². The second-order valence-electron chi connectivity index (χ2n) is 5.09. The number of nitrogens with zero attached hydrogens (tertiary/aromatic N) is 1. The van der Waals surface area contributed by atoms with Gasteiger partial charge in [-0.05, 0) is 24.3 Å². The van der Waals surface area contributed by atoms with Crippen LogP contribution in [0.15, 0.2) is 24.3 Å². The van der Waals surface area contributed by atoms with Crippen LogP contribution in [0.3, 0.4) is 0 Å². The van der Waals surface area contributed by atoms with Crippen molar-refractivity contribution in [3.63, 3.8) is 0 Å². The molecule has 118 valence electrons.